The van der Waals surface area contributed by atoms with Gasteiger partial charge < -0.3 is 0 Å². The minimum absolute atomic E-state index is 0.960. The molecular formula is C19H40. The summed E-state index contributed by atoms with van der Waals surface area (Å²) in [5.74, 6) is 1.97. The van der Waals surface area contributed by atoms with Crippen molar-refractivity contribution in [1.82, 2.24) is 0 Å². The minimum Gasteiger partial charge on any atom is -0.0654 e. The molecule has 0 N–H and O–H groups in total. The Kier molecular flexibility index (Phi) is 14.4. The molecule has 0 aromatic heterocycles. The van der Waals surface area contributed by atoms with Crippen LogP contribution in [-0.2, 0) is 0 Å². The molecule has 0 aliphatic rings. The van der Waals surface area contributed by atoms with Gasteiger partial charge >= 0.3 is 0 Å². The maximum absolute atomic E-state index is 2.47. The number of rotatable bonds is 14. The van der Waals surface area contributed by atoms with Crippen molar-refractivity contribution in [3.05, 3.63) is 0 Å². The number of hydrogen-bond donors (Lipinski definition) is 0. The van der Waals surface area contributed by atoms with E-state index in [1.54, 1.807) is 0 Å². The van der Waals surface area contributed by atoms with Gasteiger partial charge in [-0.25, -0.2) is 0 Å². The summed E-state index contributed by atoms with van der Waals surface area (Å²) in [5.41, 5.74) is 0. The third-order valence-corrected chi connectivity index (χ3v) is 4.66. The highest BCUT2D eigenvalue weighted by molar-refractivity contribution is 4.61. The topological polar surface area (TPSA) is 0 Å². The molecule has 0 heteroatoms. The van der Waals surface area contributed by atoms with Crippen LogP contribution in [0.1, 0.15) is 111 Å². The van der Waals surface area contributed by atoms with Gasteiger partial charge in [0.25, 0.3) is 0 Å². The highest BCUT2D eigenvalue weighted by atomic mass is 14.1. The lowest BCUT2D eigenvalue weighted by Gasteiger charge is -2.17. The van der Waals surface area contributed by atoms with Crippen LogP contribution in [0.3, 0.4) is 0 Å². The van der Waals surface area contributed by atoms with E-state index in [-0.39, 0.29) is 0 Å². The van der Waals surface area contributed by atoms with Gasteiger partial charge in [-0.3, -0.25) is 0 Å². The molecule has 0 rings (SSSR count). The quantitative estimate of drug-likeness (QED) is 0.288. The average Bonchev–Trinajstić information content (AvgIpc) is 2.43. The van der Waals surface area contributed by atoms with Crippen LogP contribution < -0.4 is 0 Å². The lowest BCUT2D eigenvalue weighted by Crippen LogP contribution is -2.03. The number of unbranched alkanes of at least 4 members (excludes halogenated alkanes) is 6. The summed E-state index contributed by atoms with van der Waals surface area (Å²) in [7, 11) is 0. The Morgan fingerprint density at radius 1 is 0.579 bits per heavy atom. The Hall–Kier alpha value is 0. The zero-order valence-electron chi connectivity index (χ0n) is 14.3. The molecule has 0 saturated carbocycles. The van der Waals surface area contributed by atoms with Crippen LogP contribution in [0.4, 0.5) is 0 Å². The molecule has 2 atom stereocenters. The second-order valence-corrected chi connectivity index (χ2v) is 6.66. The lowest BCUT2D eigenvalue weighted by atomic mass is 9.89. The first-order valence-electron chi connectivity index (χ1n) is 9.24. The molecule has 0 radical (unpaired) electrons. The fourth-order valence-electron chi connectivity index (χ4n) is 2.98. The molecule has 0 saturated heterocycles. The Labute approximate surface area is 123 Å². The van der Waals surface area contributed by atoms with E-state index in [2.05, 4.69) is 27.7 Å². The zero-order chi connectivity index (χ0) is 14.3. The maximum atomic E-state index is 2.47. The van der Waals surface area contributed by atoms with Gasteiger partial charge in [0.1, 0.15) is 0 Å². The second kappa shape index (κ2) is 14.4. The Morgan fingerprint density at radius 2 is 1.21 bits per heavy atom. The molecular weight excluding hydrogens is 228 g/mol. The van der Waals surface area contributed by atoms with Crippen LogP contribution in [0.5, 0.6) is 0 Å². The summed E-state index contributed by atoms with van der Waals surface area (Å²) < 4.78 is 0. The SMILES string of the molecule is CCCCCCCCC(C)CCC(CC)CCCC. The molecule has 0 aromatic rings. The van der Waals surface area contributed by atoms with Crippen LogP contribution in [0.25, 0.3) is 0 Å². The summed E-state index contributed by atoms with van der Waals surface area (Å²) in [5, 5.41) is 0. The van der Waals surface area contributed by atoms with Crippen molar-refractivity contribution >= 4 is 0 Å². The fraction of sp³-hybridized carbons (Fsp3) is 1.00. The van der Waals surface area contributed by atoms with Crippen molar-refractivity contribution in [2.45, 2.75) is 111 Å². The highest BCUT2D eigenvalue weighted by Crippen LogP contribution is 2.23. The first kappa shape index (κ1) is 19.0. The summed E-state index contributed by atoms with van der Waals surface area (Å²) in [6, 6.07) is 0. The standard InChI is InChI=1S/C19H40/c1-5-8-10-11-12-13-14-18(4)16-17-19(7-3)15-9-6-2/h18-19H,5-17H2,1-4H3. The van der Waals surface area contributed by atoms with E-state index in [1.165, 1.54) is 83.5 Å². The largest absolute Gasteiger partial charge is 0.0654 e. The molecule has 2 unspecified atom stereocenters. The maximum Gasteiger partial charge on any atom is -0.0417 e. The highest BCUT2D eigenvalue weighted by Gasteiger charge is 2.09. The van der Waals surface area contributed by atoms with Crippen LogP contribution in [-0.4, -0.2) is 0 Å². The summed E-state index contributed by atoms with van der Waals surface area (Å²) >= 11 is 0. The molecule has 0 aliphatic carbocycles. The summed E-state index contributed by atoms with van der Waals surface area (Å²) in [6.07, 6.45) is 18.7. The van der Waals surface area contributed by atoms with Gasteiger partial charge in [-0.15, -0.1) is 0 Å². The normalized spacial score (nSPS) is 14.5. The fourth-order valence-corrected chi connectivity index (χ4v) is 2.98. The van der Waals surface area contributed by atoms with Crippen molar-refractivity contribution in [1.29, 1.82) is 0 Å². The van der Waals surface area contributed by atoms with Crippen molar-refractivity contribution in [3.63, 3.8) is 0 Å². The minimum atomic E-state index is 0.960. The summed E-state index contributed by atoms with van der Waals surface area (Å²) in [6.45, 7) is 9.45. The van der Waals surface area contributed by atoms with Crippen LogP contribution in [0.15, 0.2) is 0 Å². The molecule has 0 aliphatic heterocycles. The molecule has 0 aromatic carbocycles. The third kappa shape index (κ3) is 12.8. The second-order valence-electron chi connectivity index (χ2n) is 6.66. The summed E-state index contributed by atoms with van der Waals surface area (Å²) in [4.78, 5) is 0. The van der Waals surface area contributed by atoms with Crippen molar-refractivity contribution in [2.75, 3.05) is 0 Å². The lowest BCUT2D eigenvalue weighted by molar-refractivity contribution is 0.356. The van der Waals surface area contributed by atoms with Crippen LogP contribution in [0, 0.1) is 11.8 Å². The monoisotopic (exact) mass is 268 g/mol. The zero-order valence-corrected chi connectivity index (χ0v) is 14.3. The molecule has 0 nitrogen and oxygen atoms in total. The van der Waals surface area contributed by atoms with Crippen LogP contribution >= 0.6 is 0 Å². The molecule has 0 fully saturated rings. The molecule has 0 heterocycles. The van der Waals surface area contributed by atoms with Gasteiger partial charge in [-0.05, 0) is 11.8 Å². The van der Waals surface area contributed by atoms with E-state index in [4.69, 9.17) is 0 Å². The van der Waals surface area contributed by atoms with Gasteiger partial charge in [0.2, 0.25) is 0 Å². The third-order valence-electron chi connectivity index (χ3n) is 4.66. The molecule has 116 valence electrons. The first-order chi connectivity index (χ1) is 9.24. The van der Waals surface area contributed by atoms with E-state index in [0.717, 1.165) is 11.8 Å². The molecule has 0 spiro atoms. The molecule has 0 amide bonds. The first-order valence-corrected chi connectivity index (χ1v) is 9.24. The smallest absolute Gasteiger partial charge is 0.0417 e. The predicted molar refractivity (Wildman–Crippen MR) is 89.7 cm³/mol. The van der Waals surface area contributed by atoms with Gasteiger partial charge in [0.15, 0.2) is 0 Å². The Balaban J connectivity index is 3.43. The van der Waals surface area contributed by atoms with Gasteiger partial charge in [-0.2, -0.15) is 0 Å². The van der Waals surface area contributed by atoms with Crippen molar-refractivity contribution < 1.29 is 0 Å². The van der Waals surface area contributed by atoms with Gasteiger partial charge in [0, 0.05) is 0 Å². The van der Waals surface area contributed by atoms with E-state index in [9.17, 15) is 0 Å². The molecule has 0 bridgehead atoms. The Morgan fingerprint density at radius 3 is 1.84 bits per heavy atom. The Bertz CT molecular complexity index is 161. The van der Waals surface area contributed by atoms with Gasteiger partial charge in [0.05, 0.1) is 0 Å². The van der Waals surface area contributed by atoms with Crippen LogP contribution in [0.2, 0.25) is 0 Å². The van der Waals surface area contributed by atoms with E-state index >= 15 is 0 Å². The van der Waals surface area contributed by atoms with Crippen molar-refractivity contribution in [3.8, 4) is 0 Å². The van der Waals surface area contributed by atoms with E-state index in [0.29, 0.717) is 0 Å². The van der Waals surface area contributed by atoms with E-state index in [1.807, 2.05) is 0 Å². The van der Waals surface area contributed by atoms with E-state index < -0.39 is 0 Å². The van der Waals surface area contributed by atoms with Crippen molar-refractivity contribution in [2.24, 2.45) is 11.8 Å². The van der Waals surface area contributed by atoms with Gasteiger partial charge in [-0.1, -0.05) is 111 Å². The number of hydrogen-bond acceptors (Lipinski definition) is 0. The predicted octanol–water partition coefficient (Wildman–Crippen LogP) is 7.37. The average molecular weight is 269 g/mol. The molecule has 19 heavy (non-hydrogen) atoms.